The average molecular weight is 956 g/mol. The van der Waals surface area contributed by atoms with E-state index in [9.17, 15) is 0 Å². The van der Waals surface area contributed by atoms with Crippen LogP contribution in [0.3, 0.4) is 0 Å². The topological polar surface area (TPSA) is 101 Å². The van der Waals surface area contributed by atoms with Gasteiger partial charge in [-0.2, -0.15) is 0 Å². The quantitative estimate of drug-likeness (QED) is 0.135. The fourth-order valence-electron chi connectivity index (χ4n) is 10.6. The number of benzene rings is 5. The van der Waals surface area contributed by atoms with Gasteiger partial charge >= 0.3 is 0 Å². The summed E-state index contributed by atoms with van der Waals surface area (Å²) in [5, 5.41) is 6.17. The fourth-order valence-corrected chi connectivity index (χ4v) is 10.6. The van der Waals surface area contributed by atoms with Gasteiger partial charge in [-0.05, 0) is 130 Å². The number of rotatable bonds is 5. The van der Waals surface area contributed by atoms with E-state index in [2.05, 4.69) is 189 Å². The van der Waals surface area contributed by atoms with Gasteiger partial charge in [0.15, 0.2) is 0 Å². The van der Waals surface area contributed by atoms with Crippen LogP contribution in [0.4, 0.5) is 5.69 Å². The van der Waals surface area contributed by atoms with Crippen molar-refractivity contribution in [3.63, 3.8) is 0 Å². The highest BCUT2D eigenvalue weighted by Crippen LogP contribution is 2.50. The Morgan fingerprint density at radius 1 is 0.648 bits per heavy atom. The standard InChI is InChI=1S/C40H40N.C10H9N.C8H16.C5H12.C4H10.2H2O/c1-26-15-17-31(18-16-26)38-25-39-33(27(2)28(38)3)23-24-34(36-12-6-7-13-37(36)39)30-19-21-32(22-20-30)41-40-14-8-10-29-9-4-5-11-35(29)40;11-10-7-3-5-8-4-1-2-6-9(8)10;1-8-6-4-2-3-5-7-8;1-3-5-4-2;1-4(2)3;;/h4-7,9,11-13,15-24,27-28,38,40-41H,8,10,14,25H2,1-3H3;1-7H,11H2;8H,2-7H2,1H3;3-5H2,1-2H3;4H,1-3H3;2*1H2. The molecule has 0 amide bonds. The summed E-state index contributed by atoms with van der Waals surface area (Å²) in [7, 11) is 0. The van der Waals surface area contributed by atoms with Crippen molar-refractivity contribution in [3.8, 4) is 0 Å². The third kappa shape index (κ3) is 16.6. The Bertz CT molecular complexity index is 2520. The molecule has 0 spiro atoms. The first-order valence-corrected chi connectivity index (χ1v) is 27.1. The summed E-state index contributed by atoms with van der Waals surface area (Å²) in [6, 6.07) is 41.7. The van der Waals surface area contributed by atoms with E-state index >= 15 is 0 Å². The first-order valence-electron chi connectivity index (χ1n) is 27.1. The van der Waals surface area contributed by atoms with Crippen LogP contribution >= 0.6 is 0 Å². The van der Waals surface area contributed by atoms with Crippen molar-refractivity contribution < 1.29 is 11.0 Å². The Morgan fingerprint density at radius 3 is 1.93 bits per heavy atom. The number of nitrogen functional groups attached to an aromatic ring is 1. The van der Waals surface area contributed by atoms with Crippen LogP contribution in [0.2, 0.25) is 0 Å². The van der Waals surface area contributed by atoms with Gasteiger partial charge in [0.2, 0.25) is 0 Å². The molecule has 5 aliphatic rings. The Balaban J connectivity index is 0.000000296. The summed E-state index contributed by atoms with van der Waals surface area (Å²) in [5.41, 5.74) is 21.9. The van der Waals surface area contributed by atoms with E-state index in [0.29, 0.717) is 23.8 Å². The van der Waals surface area contributed by atoms with E-state index in [1.54, 1.807) is 0 Å². The minimum Gasteiger partial charge on any atom is -0.412 e. The number of hydrogen-bond acceptors (Lipinski definition) is 2. The lowest BCUT2D eigenvalue weighted by Crippen LogP contribution is -2.24. The van der Waals surface area contributed by atoms with Gasteiger partial charge in [-0.15, -0.1) is 0 Å². The molecule has 5 aliphatic carbocycles. The highest BCUT2D eigenvalue weighted by Gasteiger charge is 2.35. The number of nitrogens with two attached hydrogens (primary N) is 1. The molecule has 4 atom stereocenters. The van der Waals surface area contributed by atoms with E-state index in [1.807, 2.05) is 30.3 Å². The second-order valence-electron chi connectivity index (χ2n) is 21.2. The van der Waals surface area contributed by atoms with Crippen molar-refractivity contribution in [2.24, 2.45) is 23.7 Å². The van der Waals surface area contributed by atoms with E-state index in [4.69, 9.17) is 5.73 Å². The molecular weight excluding hydrogens is 865 g/mol. The predicted molar refractivity (Wildman–Crippen MR) is 311 cm³/mol. The molecule has 10 rings (SSSR count). The van der Waals surface area contributed by atoms with Crippen LogP contribution in [0, 0.1) is 37.0 Å². The van der Waals surface area contributed by atoms with E-state index in [1.165, 1.54) is 144 Å². The maximum atomic E-state index is 5.76. The minimum atomic E-state index is 0. The molecule has 0 aromatic heterocycles. The van der Waals surface area contributed by atoms with Gasteiger partial charge in [-0.1, -0.05) is 252 Å². The van der Waals surface area contributed by atoms with Crippen LogP contribution in [-0.2, 0) is 6.42 Å². The number of hydrogen-bond donors (Lipinski definition) is 2. The van der Waals surface area contributed by atoms with Crippen molar-refractivity contribution >= 4 is 27.6 Å². The molecule has 0 saturated heterocycles. The summed E-state index contributed by atoms with van der Waals surface area (Å²) >= 11 is 0. The van der Waals surface area contributed by atoms with Crippen LogP contribution in [0.1, 0.15) is 178 Å². The summed E-state index contributed by atoms with van der Waals surface area (Å²) in [5.74, 6) is 3.48. The molecule has 1 radical (unpaired) electrons. The van der Waals surface area contributed by atoms with Crippen molar-refractivity contribution in [1.82, 2.24) is 5.32 Å². The average Bonchev–Trinajstić information content (AvgIpc) is 3.71. The van der Waals surface area contributed by atoms with Gasteiger partial charge in [0.05, 0.1) is 6.04 Å². The van der Waals surface area contributed by atoms with Gasteiger partial charge in [-0.25, -0.2) is 0 Å². The molecule has 381 valence electrons. The van der Waals surface area contributed by atoms with Crippen LogP contribution in [-0.4, -0.2) is 11.0 Å². The summed E-state index contributed by atoms with van der Waals surface area (Å²) in [4.78, 5) is 0. The molecule has 71 heavy (non-hydrogen) atoms. The molecule has 5 aromatic rings. The van der Waals surface area contributed by atoms with Crippen molar-refractivity contribution in [2.75, 3.05) is 5.73 Å². The zero-order valence-electron chi connectivity index (χ0n) is 45.2. The highest BCUT2D eigenvalue weighted by atomic mass is 16.0. The Labute approximate surface area is 431 Å². The molecular formula is C67H91N2O2. The smallest absolute Gasteiger partial charge is 0.0516 e. The predicted octanol–water partition coefficient (Wildman–Crippen LogP) is 17.5. The second-order valence-corrected chi connectivity index (χ2v) is 21.2. The third-order valence-electron chi connectivity index (χ3n) is 14.7. The molecule has 4 heteroatoms. The van der Waals surface area contributed by atoms with Crippen molar-refractivity contribution in [3.05, 3.63) is 202 Å². The van der Waals surface area contributed by atoms with Gasteiger partial charge in [0.25, 0.3) is 0 Å². The molecule has 1 fully saturated rings. The van der Waals surface area contributed by atoms with E-state index < -0.39 is 0 Å². The van der Waals surface area contributed by atoms with Crippen LogP contribution in [0.25, 0.3) is 21.9 Å². The van der Waals surface area contributed by atoms with Crippen molar-refractivity contribution in [2.45, 2.75) is 158 Å². The molecule has 1 saturated carbocycles. The highest BCUT2D eigenvalue weighted by molar-refractivity contribution is 5.93. The first kappa shape index (κ1) is 58.2. The molecule has 5 aromatic carbocycles. The minimum absolute atomic E-state index is 0. The largest absolute Gasteiger partial charge is 0.412 e. The van der Waals surface area contributed by atoms with E-state index in [0.717, 1.165) is 29.3 Å². The monoisotopic (exact) mass is 956 g/mol. The maximum absolute atomic E-state index is 5.76. The van der Waals surface area contributed by atoms with Gasteiger partial charge in [0.1, 0.15) is 0 Å². The first-order chi connectivity index (χ1) is 33.5. The molecule has 4 nitrogen and oxygen atoms in total. The molecule has 0 bridgehead atoms. The third-order valence-corrected chi connectivity index (χ3v) is 14.7. The Morgan fingerprint density at radius 2 is 1.28 bits per heavy atom. The lowest BCUT2D eigenvalue weighted by Gasteiger charge is -2.37. The lowest BCUT2D eigenvalue weighted by atomic mass is 9.67. The maximum Gasteiger partial charge on any atom is 0.0516 e. The van der Waals surface area contributed by atoms with Crippen LogP contribution < -0.4 is 11.1 Å². The zero-order chi connectivity index (χ0) is 49.1. The Kier molecular flexibility index (Phi) is 24.4. The van der Waals surface area contributed by atoms with Gasteiger partial charge < -0.3 is 22.0 Å². The molecule has 4 unspecified atom stereocenters. The molecule has 0 heterocycles. The number of allylic oxidation sites excluding steroid dienone is 9. The number of fused-ring (bicyclic) bond motifs is 4. The number of unbranched alkanes of at least 4 members (excludes halogenated alkanes) is 2. The number of nitrogens with one attached hydrogen (secondary N) is 1. The Hall–Kier alpha value is -5.42. The number of anilines is 1. The summed E-state index contributed by atoms with van der Waals surface area (Å²) < 4.78 is 0. The SMILES string of the molecule is CC(C)C.CC1CCCCCC1.CCCCC.Cc1ccc(C2CC3=C(C=C/C(=C4/[CH]C=C(NC5CCCc6ccccc65)C=C4)c4ccccc43)C(C)C2C)cc1.Nc1cccc2ccccc12.O.O. The normalized spacial score (nSPS) is 21.1. The van der Waals surface area contributed by atoms with Gasteiger partial charge in [-0.3, -0.25) is 0 Å². The zero-order valence-corrected chi connectivity index (χ0v) is 45.2. The van der Waals surface area contributed by atoms with Gasteiger partial charge in [0, 0.05) is 23.2 Å². The summed E-state index contributed by atoms with van der Waals surface area (Å²) in [6.07, 6.45) is 31.7. The second kappa shape index (κ2) is 29.8. The number of aryl methyl sites for hydroxylation is 2. The van der Waals surface area contributed by atoms with Crippen LogP contribution in [0.15, 0.2) is 162 Å². The molecule has 0 aliphatic heterocycles. The molecule has 7 N–H and O–H groups in total. The van der Waals surface area contributed by atoms with E-state index in [-0.39, 0.29) is 11.0 Å². The van der Waals surface area contributed by atoms with Crippen LogP contribution in [0.5, 0.6) is 0 Å². The fraction of sp³-hybridized carbons (Fsp3) is 0.418. The lowest BCUT2D eigenvalue weighted by molar-refractivity contribution is 0.354. The summed E-state index contributed by atoms with van der Waals surface area (Å²) in [6.45, 7) is 20.4. The van der Waals surface area contributed by atoms with Crippen molar-refractivity contribution in [1.29, 1.82) is 0 Å².